The average molecular weight is 301 g/mol. The molecule has 0 aliphatic rings. The van der Waals surface area contributed by atoms with E-state index in [2.05, 4.69) is 10.2 Å². The maximum absolute atomic E-state index is 12.2. The summed E-state index contributed by atoms with van der Waals surface area (Å²) in [5.74, 6) is -3.86. The summed E-state index contributed by atoms with van der Waals surface area (Å²) in [5.41, 5.74) is 0.888. The number of fused-ring (bicyclic) bond motifs is 1. The lowest BCUT2D eigenvalue weighted by molar-refractivity contribution is -0.175. The van der Waals surface area contributed by atoms with E-state index in [1.165, 1.54) is 5.32 Å². The van der Waals surface area contributed by atoms with Crippen molar-refractivity contribution in [3.63, 3.8) is 0 Å². The van der Waals surface area contributed by atoms with Crippen LogP contribution in [0.3, 0.4) is 0 Å². The summed E-state index contributed by atoms with van der Waals surface area (Å²) >= 11 is 0. The van der Waals surface area contributed by atoms with Gasteiger partial charge in [0.2, 0.25) is 0 Å². The summed E-state index contributed by atoms with van der Waals surface area (Å²) in [6, 6.07) is 5.01. The molecule has 112 valence electrons. The standard InChI is InChI=1S/C12H10F3N3O3/c13-12(14,15)11(21)16-9(10(19)20)5-8-6-3-1-2-4-7(6)17-18-8/h1-4,9H,5H2,(H,16,21)(H,17,18)(H,19,20)/t9-/m0/s1. The third kappa shape index (κ3) is 3.30. The number of nitrogens with one attached hydrogen (secondary N) is 2. The molecule has 0 spiro atoms. The zero-order valence-electron chi connectivity index (χ0n) is 10.4. The first-order chi connectivity index (χ1) is 9.79. The number of para-hydroxylation sites is 1. The van der Waals surface area contributed by atoms with Gasteiger partial charge < -0.3 is 10.4 Å². The van der Waals surface area contributed by atoms with Crippen LogP contribution in [0, 0.1) is 0 Å². The number of carboxylic acids is 1. The average Bonchev–Trinajstić information content (AvgIpc) is 2.80. The summed E-state index contributed by atoms with van der Waals surface area (Å²) in [5, 5.41) is 17.4. The predicted molar refractivity (Wildman–Crippen MR) is 65.4 cm³/mol. The largest absolute Gasteiger partial charge is 0.480 e. The predicted octanol–water partition coefficient (Wildman–Crippen LogP) is 1.24. The number of hydrogen-bond acceptors (Lipinski definition) is 3. The van der Waals surface area contributed by atoms with Crippen molar-refractivity contribution in [2.75, 3.05) is 0 Å². The molecule has 0 fully saturated rings. The van der Waals surface area contributed by atoms with Crippen LogP contribution in [0.5, 0.6) is 0 Å². The second-order valence-corrected chi connectivity index (χ2v) is 4.29. The quantitative estimate of drug-likeness (QED) is 0.791. The first-order valence-electron chi connectivity index (χ1n) is 5.81. The van der Waals surface area contributed by atoms with Crippen molar-refractivity contribution < 1.29 is 27.9 Å². The highest BCUT2D eigenvalue weighted by molar-refractivity contribution is 5.88. The van der Waals surface area contributed by atoms with Gasteiger partial charge in [-0.1, -0.05) is 18.2 Å². The molecule has 2 aromatic rings. The molecule has 1 amide bonds. The van der Waals surface area contributed by atoms with Crippen molar-refractivity contribution in [2.45, 2.75) is 18.6 Å². The maximum atomic E-state index is 12.2. The minimum Gasteiger partial charge on any atom is -0.480 e. The van der Waals surface area contributed by atoms with E-state index in [4.69, 9.17) is 5.11 Å². The van der Waals surface area contributed by atoms with E-state index in [0.29, 0.717) is 16.6 Å². The molecule has 0 aliphatic carbocycles. The van der Waals surface area contributed by atoms with Crippen LogP contribution in [0.1, 0.15) is 5.69 Å². The van der Waals surface area contributed by atoms with Crippen molar-refractivity contribution in [3.05, 3.63) is 30.0 Å². The second kappa shape index (κ2) is 5.43. The number of alkyl halides is 3. The summed E-state index contributed by atoms with van der Waals surface area (Å²) in [7, 11) is 0. The van der Waals surface area contributed by atoms with Gasteiger partial charge in [0.05, 0.1) is 5.52 Å². The van der Waals surface area contributed by atoms with Crippen LogP contribution in [0.2, 0.25) is 0 Å². The number of carbonyl (C=O) groups excluding carboxylic acids is 1. The fraction of sp³-hybridized carbons (Fsp3) is 0.250. The molecule has 3 N–H and O–H groups in total. The minimum atomic E-state index is -5.14. The Morgan fingerprint density at radius 1 is 1.33 bits per heavy atom. The van der Waals surface area contributed by atoms with Gasteiger partial charge in [0.15, 0.2) is 0 Å². The van der Waals surface area contributed by atoms with Gasteiger partial charge in [-0.2, -0.15) is 18.3 Å². The molecule has 0 unspecified atom stereocenters. The number of benzene rings is 1. The number of aromatic nitrogens is 2. The summed E-state index contributed by atoms with van der Waals surface area (Å²) < 4.78 is 36.5. The van der Waals surface area contributed by atoms with E-state index in [-0.39, 0.29) is 6.42 Å². The molecular formula is C12H10F3N3O3. The lowest BCUT2D eigenvalue weighted by atomic mass is 10.1. The number of halogens is 3. The first kappa shape index (κ1) is 14.8. The Balaban J connectivity index is 2.21. The van der Waals surface area contributed by atoms with Crippen molar-refractivity contribution in [1.29, 1.82) is 0 Å². The molecule has 0 radical (unpaired) electrons. The molecule has 0 bridgehead atoms. The van der Waals surface area contributed by atoms with Gasteiger partial charge in [0.25, 0.3) is 0 Å². The molecule has 21 heavy (non-hydrogen) atoms. The molecule has 0 saturated heterocycles. The number of H-pyrrole nitrogens is 1. The zero-order chi connectivity index (χ0) is 15.6. The van der Waals surface area contributed by atoms with E-state index < -0.39 is 24.1 Å². The molecule has 2 rings (SSSR count). The van der Waals surface area contributed by atoms with Gasteiger partial charge in [0, 0.05) is 17.5 Å². The van der Waals surface area contributed by atoms with Gasteiger partial charge in [-0.25, -0.2) is 4.79 Å². The van der Waals surface area contributed by atoms with Crippen LogP contribution in [-0.2, 0) is 16.0 Å². The highest BCUT2D eigenvalue weighted by Crippen LogP contribution is 2.18. The Bertz CT molecular complexity index is 681. The molecule has 1 atom stereocenters. The highest BCUT2D eigenvalue weighted by atomic mass is 19.4. The molecular weight excluding hydrogens is 291 g/mol. The third-order valence-electron chi connectivity index (χ3n) is 2.81. The lowest BCUT2D eigenvalue weighted by Crippen LogP contribution is -2.47. The van der Waals surface area contributed by atoms with E-state index in [1.807, 2.05) is 0 Å². The molecule has 9 heteroatoms. The van der Waals surface area contributed by atoms with Crippen LogP contribution >= 0.6 is 0 Å². The van der Waals surface area contributed by atoms with E-state index in [0.717, 1.165) is 0 Å². The number of amides is 1. The molecule has 0 saturated carbocycles. The van der Waals surface area contributed by atoms with Crippen molar-refractivity contribution >= 4 is 22.8 Å². The van der Waals surface area contributed by atoms with Crippen LogP contribution in [0.25, 0.3) is 10.9 Å². The SMILES string of the molecule is O=C(O)[C@H](Cc1[nH]nc2ccccc12)NC(=O)C(F)(F)F. The number of aliphatic carboxylic acids is 1. The molecule has 0 aliphatic heterocycles. The van der Waals surface area contributed by atoms with Gasteiger partial charge in [-0.3, -0.25) is 9.89 Å². The van der Waals surface area contributed by atoms with Crippen LogP contribution in [0.15, 0.2) is 24.3 Å². The second-order valence-electron chi connectivity index (χ2n) is 4.29. The molecule has 1 aromatic carbocycles. The maximum Gasteiger partial charge on any atom is 0.471 e. The Morgan fingerprint density at radius 2 is 2.00 bits per heavy atom. The third-order valence-corrected chi connectivity index (χ3v) is 2.81. The fourth-order valence-electron chi connectivity index (χ4n) is 1.81. The van der Waals surface area contributed by atoms with Crippen LogP contribution in [0.4, 0.5) is 13.2 Å². The minimum absolute atomic E-state index is 0.334. The zero-order valence-corrected chi connectivity index (χ0v) is 10.4. The van der Waals surface area contributed by atoms with Crippen molar-refractivity contribution in [3.8, 4) is 0 Å². The topological polar surface area (TPSA) is 95.1 Å². The number of carbonyl (C=O) groups is 2. The summed E-state index contributed by atoms with van der Waals surface area (Å²) in [6.07, 6.45) is -5.47. The van der Waals surface area contributed by atoms with Gasteiger partial charge in [0.1, 0.15) is 6.04 Å². The number of rotatable bonds is 4. The molecule has 1 aromatic heterocycles. The Hall–Kier alpha value is -2.58. The van der Waals surface area contributed by atoms with Crippen molar-refractivity contribution in [1.82, 2.24) is 15.5 Å². The number of hydrogen-bond donors (Lipinski definition) is 3. The highest BCUT2D eigenvalue weighted by Gasteiger charge is 2.41. The summed E-state index contributed by atoms with van der Waals surface area (Å²) in [4.78, 5) is 21.9. The van der Waals surface area contributed by atoms with Crippen LogP contribution in [-0.4, -0.2) is 39.4 Å². The monoisotopic (exact) mass is 301 g/mol. The van der Waals surface area contributed by atoms with Gasteiger partial charge >= 0.3 is 18.1 Å². The number of carboxylic acid groups (broad SMARTS) is 1. The Labute approximate surface area is 115 Å². The Kier molecular flexibility index (Phi) is 3.83. The van der Waals surface area contributed by atoms with Crippen LogP contribution < -0.4 is 5.32 Å². The van der Waals surface area contributed by atoms with Gasteiger partial charge in [-0.15, -0.1) is 0 Å². The van der Waals surface area contributed by atoms with E-state index >= 15 is 0 Å². The van der Waals surface area contributed by atoms with Gasteiger partial charge in [-0.05, 0) is 6.07 Å². The molecule has 1 heterocycles. The smallest absolute Gasteiger partial charge is 0.471 e. The summed E-state index contributed by atoms with van der Waals surface area (Å²) in [6.45, 7) is 0. The normalized spacial score (nSPS) is 13.1. The fourth-order valence-corrected chi connectivity index (χ4v) is 1.81. The molecule has 6 nitrogen and oxygen atoms in total. The van der Waals surface area contributed by atoms with E-state index in [9.17, 15) is 22.8 Å². The number of aromatic amines is 1. The Morgan fingerprint density at radius 3 is 2.62 bits per heavy atom. The number of nitrogens with zero attached hydrogens (tertiary/aromatic N) is 1. The van der Waals surface area contributed by atoms with Crippen molar-refractivity contribution in [2.24, 2.45) is 0 Å². The first-order valence-corrected chi connectivity index (χ1v) is 5.81. The lowest BCUT2D eigenvalue weighted by Gasteiger charge is -2.15. The van der Waals surface area contributed by atoms with E-state index in [1.54, 1.807) is 24.3 Å².